The van der Waals surface area contributed by atoms with Crippen molar-refractivity contribution in [3.8, 4) is 5.75 Å². The number of amides is 1. The molecule has 2 aromatic rings. The Kier molecular flexibility index (Phi) is 5.52. The number of aliphatic hydroxyl groups is 1. The minimum absolute atomic E-state index is 0.0416. The Morgan fingerprint density at radius 3 is 2.45 bits per heavy atom. The molecule has 5 nitrogen and oxygen atoms in total. The highest BCUT2D eigenvalue weighted by molar-refractivity contribution is 5.76. The van der Waals surface area contributed by atoms with Crippen LogP contribution >= 0.6 is 0 Å². The zero-order valence-electron chi connectivity index (χ0n) is 12.4. The van der Waals surface area contributed by atoms with Gasteiger partial charge in [-0.3, -0.25) is 10.0 Å². The SMILES string of the molecule is Cc1ccccc1CN(O)C(=O)COc1ccc(CO)cc1. The van der Waals surface area contributed by atoms with Crippen LogP contribution in [0, 0.1) is 6.92 Å². The van der Waals surface area contributed by atoms with Gasteiger partial charge in [-0.05, 0) is 35.7 Å². The lowest BCUT2D eigenvalue weighted by Crippen LogP contribution is -2.31. The quantitative estimate of drug-likeness (QED) is 0.634. The van der Waals surface area contributed by atoms with Gasteiger partial charge < -0.3 is 9.84 Å². The van der Waals surface area contributed by atoms with E-state index in [1.54, 1.807) is 24.3 Å². The minimum Gasteiger partial charge on any atom is -0.484 e. The third-order valence-electron chi connectivity index (χ3n) is 3.34. The van der Waals surface area contributed by atoms with Crippen molar-refractivity contribution >= 4 is 5.91 Å². The molecule has 0 atom stereocenters. The van der Waals surface area contributed by atoms with Gasteiger partial charge in [0.15, 0.2) is 6.61 Å². The Bertz CT molecular complexity index is 625. The Labute approximate surface area is 129 Å². The van der Waals surface area contributed by atoms with Crippen LogP contribution in [0.25, 0.3) is 0 Å². The van der Waals surface area contributed by atoms with E-state index < -0.39 is 5.91 Å². The van der Waals surface area contributed by atoms with E-state index in [9.17, 15) is 10.0 Å². The molecule has 0 bridgehead atoms. The molecule has 1 amide bonds. The second-order valence-corrected chi connectivity index (χ2v) is 4.97. The maximum Gasteiger partial charge on any atom is 0.284 e. The molecule has 2 aromatic carbocycles. The molecule has 0 aliphatic heterocycles. The second kappa shape index (κ2) is 7.59. The normalized spacial score (nSPS) is 10.3. The highest BCUT2D eigenvalue weighted by Gasteiger charge is 2.13. The summed E-state index contributed by atoms with van der Waals surface area (Å²) in [5.41, 5.74) is 2.66. The molecule has 0 aromatic heterocycles. The molecule has 0 unspecified atom stereocenters. The summed E-state index contributed by atoms with van der Waals surface area (Å²) in [6, 6.07) is 14.3. The van der Waals surface area contributed by atoms with Crippen molar-refractivity contribution in [2.75, 3.05) is 6.61 Å². The second-order valence-electron chi connectivity index (χ2n) is 4.97. The largest absolute Gasteiger partial charge is 0.484 e. The minimum atomic E-state index is -0.519. The lowest BCUT2D eigenvalue weighted by molar-refractivity contribution is -0.170. The smallest absolute Gasteiger partial charge is 0.284 e. The molecule has 22 heavy (non-hydrogen) atoms. The highest BCUT2D eigenvalue weighted by Crippen LogP contribution is 2.13. The Morgan fingerprint density at radius 2 is 1.82 bits per heavy atom. The summed E-state index contributed by atoms with van der Waals surface area (Å²) in [6.45, 7) is 1.76. The van der Waals surface area contributed by atoms with E-state index in [4.69, 9.17) is 9.84 Å². The first-order valence-electron chi connectivity index (χ1n) is 6.96. The molecule has 116 valence electrons. The van der Waals surface area contributed by atoms with Crippen molar-refractivity contribution in [2.24, 2.45) is 0 Å². The van der Waals surface area contributed by atoms with Gasteiger partial charge in [-0.15, -0.1) is 0 Å². The summed E-state index contributed by atoms with van der Waals surface area (Å²) < 4.78 is 5.32. The summed E-state index contributed by atoms with van der Waals surface area (Å²) in [6.07, 6.45) is 0. The van der Waals surface area contributed by atoms with E-state index in [2.05, 4.69) is 0 Å². The predicted octanol–water partition coefficient (Wildman–Crippen LogP) is 2.28. The Hall–Kier alpha value is -2.37. The summed E-state index contributed by atoms with van der Waals surface area (Å²) in [7, 11) is 0. The topological polar surface area (TPSA) is 70.0 Å². The van der Waals surface area contributed by atoms with Crippen LogP contribution in [0.2, 0.25) is 0 Å². The van der Waals surface area contributed by atoms with Crippen LogP contribution in [0.15, 0.2) is 48.5 Å². The summed E-state index contributed by atoms with van der Waals surface area (Å²) in [5, 5.41) is 19.4. The van der Waals surface area contributed by atoms with Crippen molar-refractivity contribution in [3.05, 3.63) is 65.2 Å². The van der Waals surface area contributed by atoms with E-state index in [1.807, 2.05) is 31.2 Å². The van der Waals surface area contributed by atoms with E-state index in [0.717, 1.165) is 16.7 Å². The van der Waals surface area contributed by atoms with Gasteiger partial charge in [-0.25, -0.2) is 5.06 Å². The lowest BCUT2D eigenvalue weighted by Gasteiger charge is -2.16. The molecule has 2 N–H and O–H groups in total. The fourth-order valence-corrected chi connectivity index (χ4v) is 1.95. The van der Waals surface area contributed by atoms with Crippen LogP contribution in [-0.4, -0.2) is 27.9 Å². The zero-order valence-corrected chi connectivity index (χ0v) is 12.4. The van der Waals surface area contributed by atoms with Gasteiger partial charge >= 0.3 is 0 Å². The number of carbonyl (C=O) groups excluding carboxylic acids is 1. The molecule has 0 aliphatic rings. The number of hydrogen-bond donors (Lipinski definition) is 2. The average molecular weight is 301 g/mol. The first kappa shape index (κ1) is 16.0. The van der Waals surface area contributed by atoms with Gasteiger partial charge in [0.1, 0.15) is 5.75 Å². The van der Waals surface area contributed by atoms with Crippen molar-refractivity contribution in [2.45, 2.75) is 20.1 Å². The third kappa shape index (κ3) is 4.31. The number of hydrogen-bond acceptors (Lipinski definition) is 4. The van der Waals surface area contributed by atoms with E-state index in [1.165, 1.54) is 0 Å². The number of benzene rings is 2. The molecule has 0 fully saturated rings. The van der Waals surface area contributed by atoms with Gasteiger partial charge in [-0.1, -0.05) is 36.4 Å². The summed E-state index contributed by atoms with van der Waals surface area (Å²) in [4.78, 5) is 11.9. The van der Waals surface area contributed by atoms with Gasteiger partial charge in [0.2, 0.25) is 0 Å². The number of aryl methyl sites for hydroxylation is 1. The van der Waals surface area contributed by atoms with Gasteiger partial charge in [0.25, 0.3) is 5.91 Å². The number of hydroxylamine groups is 2. The average Bonchev–Trinajstić information content (AvgIpc) is 2.55. The molecule has 0 radical (unpaired) electrons. The van der Waals surface area contributed by atoms with Crippen LogP contribution in [-0.2, 0) is 17.9 Å². The van der Waals surface area contributed by atoms with E-state index >= 15 is 0 Å². The first-order valence-corrected chi connectivity index (χ1v) is 6.96. The van der Waals surface area contributed by atoms with E-state index in [-0.39, 0.29) is 19.8 Å². The van der Waals surface area contributed by atoms with Crippen LogP contribution in [0.1, 0.15) is 16.7 Å². The number of nitrogens with zero attached hydrogens (tertiary/aromatic N) is 1. The molecular weight excluding hydrogens is 282 g/mol. The molecule has 0 aliphatic carbocycles. The molecule has 0 saturated carbocycles. The fraction of sp³-hybridized carbons (Fsp3) is 0.235. The summed E-state index contributed by atoms with van der Waals surface area (Å²) in [5.74, 6) is -0.00988. The van der Waals surface area contributed by atoms with Crippen molar-refractivity contribution in [1.82, 2.24) is 5.06 Å². The molecule has 0 saturated heterocycles. The fourth-order valence-electron chi connectivity index (χ4n) is 1.95. The zero-order chi connectivity index (χ0) is 15.9. The standard InChI is InChI=1S/C17H19NO4/c1-13-4-2-3-5-15(13)10-18(21)17(20)12-22-16-8-6-14(11-19)7-9-16/h2-9,19,21H,10-12H2,1H3. The number of ether oxygens (including phenoxy) is 1. The van der Waals surface area contributed by atoms with Gasteiger partial charge in [0, 0.05) is 0 Å². The van der Waals surface area contributed by atoms with Crippen LogP contribution in [0.4, 0.5) is 0 Å². The molecule has 0 spiro atoms. The first-order chi connectivity index (χ1) is 10.6. The highest BCUT2D eigenvalue weighted by atomic mass is 16.5. The van der Waals surface area contributed by atoms with Crippen molar-refractivity contribution in [1.29, 1.82) is 0 Å². The van der Waals surface area contributed by atoms with Crippen LogP contribution in [0.3, 0.4) is 0 Å². The Balaban J connectivity index is 1.87. The third-order valence-corrected chi connectivity index (χ3v) is 3.34. The van der Waals surface area contributed by atoms with Crippen LogP contribution in [0.5, 0.6) is 5.75 Å². The lowest BCUT2D eigenvalue weighted by atomic mass is 10.1. The molecule has 0 heterocycles. The molecule has 5 heteroatoms. The number of rotatable bonds is 6. The van der Waals surface area contributed by atoms with Gasteiger partial charge in [0.05, 0.1) is 13.2 Å². The van der Waals surface area contributed by atoms with Gasteiger partial charge in [-0.2, -0.15) is 0 Å². The van der Waals surface area contributed by atoms with Crippen molar-refractivity contribution < 1.29 is 19.8 Å². The predicted molar refractivity (Wildman–Crippen MR) is 81.4 cm³/mol. The maximum absolute atomic E-state index is 11.9. The Morgan fingerprint density at radius 1 is 1.14 bits per heavy atom. The maximum atomic E-state index is 11.9. The number of aliphatic hydroxyl groups excluding tert-OH is 1. The van der Waals surface area contributed by atoms with Crippen molar-refractivity contribution in [3.63, 3.8) is 0 Å². The molecular formula is C17H19NO4. The van der Waals surface area contributed by atoms with Crippen LogP contribution < -0.4 is 4.74 Å². The molecule has 2 rings (SSSR count). The monoisotopic (exact) mass is 301 g/mol. The van der Waals surface area contributed by atoms with E-state index in [0.29, 0.717) is 10.8 Å². The number of carbonyl (C=O) groups is 1. The summed E-state index contributed by atoms with van der Waals surface area (Å²) >= 11 is 0.